The summed E-state index contributed by atoms with van der Waals surface area (Å²) in [6.07, 6.45) is 7.71. The maximum atomic E-state index is 6.20. The molecular formula is C18H22N4O2. The number of aromatic nitrogens is 3. The maximum Gasteiger partial charge on any atom is 0.223 e. The molecule has 0 radical (unpaired) electrons. The summed E-state index contributed by atoms with van der Waals surface area (Å²) in [5.74, 6) is 0.688. The topological polar surface area (TPSA) is 61.5 Å². The molecular weight excluding hydrogens is 304 g/mol. The van der Waals surface area contributed by atoms with Crippen LogP contribution in [-0.2, 0) is 11.3 Å². The van der Waals surface area contributed by atoms with Gasteiger partial charge in [0.05, 0.1) is 37.2 Å². The Morgan fingerprint density at radius 1 is 1.29 bits per heavy atom. The van der Waals surface area contributed by atoms with Gasteiger partial charge in [0, 0.05) is 36.8 Å². The van der Waals surface area contributed by atoms with Crippen molar-refractivity contribution < 1.29 is 9.47 Å². The molecule has 0 unspecified atom stereocenters. The summed E-state index contributed by atoms with van der Waals surface area (Å²) in [5.41, 5.74) is 4.14. The lowest BCUT2D eigenvalue weighted by molar-refractivity contribution is 0.0236. The van der Waals surface area contributed by atoms with E-state index >= 15 is 0 Å². The zero-order valence-corrected chi connectivity index (χ0v) is 14.1. The van der Waals surface area contributed by atoms with Crippen LogP contribution in [0.25, 0.3) is 0 Å². The molecule has 6 nitrogen and oxygen atoms in total. The fourth-order valence-corrected chi connectivity index (χ4v) is 3.13. The number of ether oxygens (including phenoxy) is 2. The van der Waals surface area contributed by atoms with E-state index in [1.54, 1.807) is 0 Å². The third kappa shape index (κ3) is 2.82. The summed E-state index contributed by atoms with van der Waals surface area (Å²) in [5, 5.41) is 4.44. The monoisotopic (exact) mass is 326 g/mol. The van der Waals surface area contributed by atoms with Gasteiger partial charge < -0.3 is 9.47 Å². The normalized spacial score (nSPS) is 17.9. The Labute approximate surface area is 141 Å². The van der Waals surface area contributed by atoms with Gasteiger partial charge in [0.15, 0.2) is 0 Å². The molecule has 0 saturated carbocycles. The zero-order chi connectivity index (χ0) is 16.5. The van der Waals surface area contributed by atoms with Gasteiger partial charge in [-0.1, -0.05) is 0 Å². The van der Waals surface area contributed by atoms with E-state index in [0.29, 0.717) is 18.5 Å². The SMILES string of the molecule is CC(C)n1cc(C2=NCc3ccnc(OC4CCOCC4)c32)cn1. The van der Waals surface area contributed by atoms with E-state index in [9.17, 15) is 0 Å². The first kappa shape index (κ1) is 15.3. The predicted molar refractivity (Wildman–Crippen MR) is 90.7 cm³/mol. The van der Waals surface area contributed by atoms with Crippen LogP contribution in [0.2, 0.25) is 0 Å². The second-order valence-electron chi connectivity index (χ2n) is 6.55. The molecule has 1 fully saturated rings. The van der Waals surface area contributed by atoms with Crippen LogP contribution in [0.1, 0.15) is 49.4 Å². The molecule has 4 heterocycles. The minimum Gasteiger partial charge on any atom is -0.474 e. The van der Waals surface area contributed by atoms with Crippen molar-refractivity contribution in [3.63, 3.8) is 0 Å². The molecule has 2 aromatic rings. The van der Waals surface area contributed by atoms with Crippen molar-refractivity contribution in [1.82, 2.24) is 14.8 Å². The van der Waals surface area contributed by atoms with Crippen molar-refractivity contribution in [3.05, 3.63) is 41.3 Å². The first-order valence-corrected chi connectivity index (χ1v) is 8.54. The highest BCUT2D eigenvalue weighted by molar-refractivity contribution is 6.16. The third-order valence-corrected chi connectivity index (χ3v) is 4.50. The van der Waals surface area contributed by atoms with Crippen molar-refractivity contribution in [2.24, 2.45) is 4.99 Å². The van der Waals surface area contributed by atoms with E-state index in [2.05, 4.69) is 23.9 Å². The average Bonchev–Trinajstić information content (AvgIpc) is 3.23. The maximum absolute atomic E-state index is 6.20. The lowest BCUT2D eigenvalue weighted by Crippen LogP contribution is -2.27. The highest BCUT2D eigenvalue weighted by atomic mass is 16.5. The third-order valence-electron chi connectivity index (χ3n) is 4.50. The number of rotatable bonds is 4. The quantitative estimate of drug-likeness (QED) is 0.867. The predicted octanol–water partition coefficient (Wildman–Crippen LogP) is 2.77. The van der Waals surface area contributed by atoms with E-state index in [1.165, 1.54) is 5.56 Å². The van der Waals surface area contributed by atoms with Crippen molar-refractivity contribution in [3.8, 4) is 5.88 Å². The number of fused-ring (bicyclic) bond motifs is 1. The van der Waals surface area contributed by atoms with Gasteiger partial charge in [0.1, 0.15) is 6.10 Å². The Hall–Kier alpha value is -2.21. The van der Waals surface area contributed by atoms with Crippen LogP contribution >= 0.6 is 0 Å². The van der Waals surface area contributed by atoms with Crippen LogP contribution in [-0.4, -0.2) is 39.8 Å². The highest BCUT2D eigenvalue weighted by Crippen LogP contribution is 2.31. The van der Waals surface area contributed by atoms with Crippen LogP contribution in [0.4, 0.5) is 0 Å². The summed E-state index contributed by atoms with van der Waals surface area (Å²) in [6, 6.07) is 2.35. The summed E-state index contributed by atoms with van der Waals surface area (Å²) < 4.78 is 13.6. The zero-order valence-electron chi connectivity index (χ0n) is 14.1. The number of nitrogens with zero attached hydrogens (tertiary/aromatic N) is 4. The molecule has 0 spiro atoms. The second kappa shape index (κ2) is 6.36. The van der Waals surface area contributed by atoms with Crippen molar-refractivity contribution >= 4 is 5.71 Å². The molecule has 0 atom stereocenters. The molecule has 0 N–H and O–H groups in total. The Morgan fingerprint density at radius 2 is 2.12 bits per heavy atom. The Balaban J connectivity index is 1.65. The van der Waals surface area contributed by atoms with Gasteiger partial charge in [0.2, 0.25) is 5.88 Å². The van der Waals surface area contributed by atoms with Gasteiger partial charge in [-0.15, -0.1) is 0 Å². The Kier molecular flexibility index (Phi) is 4.06. The molecule has 0 amide bonds. The molecule has 6 heteroatoms. The van der Waals surface area contributed by atoms with Gasteiger partial charge in [-0.25, -0.2) is 4.98 Å². The number of pyridine rings is 1. The first-order valence-electron chi connectivity index (χ1n) is 8.54. The van der Waals surface area contributed by atoms with Gasteiger partial charge >= 0.3 is 0 Å². The first-order chi connectivity index (χ1) is 11.7. The standard InChI is InChI=1S/C18H22N4O2/c1-12(2)22-11-14(10-21-22)17-16-13(9-20-17)3-6-19-18(16)24-15-4-7-23-8-5-15/h3,6,10-12,15H,4-5,7-9H2,1-2H3. The summed E-state index contributed by atoms with van der Waals surface area (Å²) in [6.45, 7) is 6.40. The fraction of sp³-hybridized carbons (Fsp3) is 0.500. The van der Waals surface area contributed by atoms with E-state index in [-0.39, 0.29) is 6.10 Å². The lowest BCUT2D eigenvalue weighted by atomic mass is 10.0. The Bertz CT molecular complexity index is 760. The van der Waals surface area contributed by atoms with Crippen LogP contribution in [0.5, 0.6) is 5.88 Å². The second-order valence-corrected chi connectivity index (χ2v) is 6.55. The summed E-state index contributed by atoms with van der Waals surface area (Å²) in [4.78, 5) is 9.21. The average molecular weight is 326 g/mol. The summed E-state index contributed by atoms with van der Waals surface area (Å²) >= 11 is 0. The number of hydrogen-bond acceptors (Lipinski definition) is 5. The van der Waals surface area contributed by atoms with Crippen molar-refractivity contribution in [2.75, 3.05) is 13.2 Å². The van der Waals surface area contributed by atoms with E-state index in [1.807, 2.05) is 29.3 Å². The van der Waals surface area contributed by atoms with Crippen LogP contribution in [0.3, 0.4) is 0 Å². The fourth-order valence-electron chi connectivity index (χ4n) is 3.13. The van der Waals surface area contributed by atoms with Gasteiger partial charge in [0.25, 0.3) is 0 Å². The molecule has 0 bridgehead atoms. The largest absolute Gasteiger partial charge is 0.474 e. The minimum absolute atomic E-state index is 0.165. The van der Waals surface area contributed by atoms with Crippen LogP contribution in [0.15, 0.2) is 29.6 Å². The molecule has 2 aliphatic rings. The van der Waals surface area contributed by atoms with Gasteiger partial charge in [-0.2, -0.15) is 5.10 Å². The number of hydrogen-bond donors (Lipinski definition) is 0. The van der Waals surface area contributed by atoms with Crippen molar-refractivity contribution in [2.45, 2.75) is 45.4 Å². The molecule has 126 valence electrons. The van der Waals surface area contributed by atoms with E-state index in [4.69, 9.17) is 14.5 Å². The molecule has 2 aromatic heterocycles. The molecule has 4 rings (SSSR count). The van der Waals surface area contributed by atoms with Crippen molar-refractivity contribution in [1.29, 1.82) is 0 Å². The Morgan fingerprint density at radius 3 is 2.88 bits per heavy atom. The number of aliphatic imine (C=N–C) groups is 1. The smallest absolute Gasteiger partial charge is 0.223 e. The van der Waals surface area contributed by atoms with Gasteiger partial charge in [-0.3, -0.25) is 9.67 Å². The molecule has 1 saturated heterocycles. The molecule has 0 aliphatic carbocycles. The molecule has 24 heavy (non-hydrogen) atoms. The molecule has 2 aliphatic heterocycles. The van der Waals surface area contributed by atoms with Crippen LogP contribution in [0, 0.1) is 0 Å². The lowest BCUT2D eigenvalue weighted by Gasteiger charge is -2.23. The summed E-state index contributed by atoms with van der Waals surface area (Å²) in [7, 11) is 0. The van der Waals surface area contributed by atoms with Gasteiger partial charge in [-0.05, 0) is 25.5 Å². The van der Waals surface area contributed by atoms with Crippen LogP contribution < -0.4 is 4.74 Å². The minimum atomic E-state index is 0.165. The molecule has 0 aromatic carbocycles. The van der Waals surface area contributed by atoms with E-state index < -0.39 is 0 Å². The highest BCUT2D eigenvalue weighted by Gasteiger charge is 2.26. The van der Waals surface area contributed by atoms with E-state index in [0.717, 1.165) is 42.9 Å².